The third-order valence-electron chi connectivity index (χ3n) is 2.62. The van der Waals surface area contributed by atoms with E-state index in [0.29, 0.717) is 23.6 Å². The molecule has 19 heavy (non-hydrogen) atoms. The predicted octanol–water partition coefficient (Wildman–Crippen LogP) is 2.35. The molecule has 0 spiro atoms. The third-order valence-corrected chi connectivity index (χ3v) is 2.62. The van der Waals surface area contributed by atoms with Gasteiger partial charge in [-0.25, -0.2) is 24.6 Å². The van der Waals surface area contributed by atoms with Gasteiger partial charge in [-0.2, -0.15) is 0 Å². The monoisotopic (exact) mass is 265 g/mol. The number of benzene rings is 1. The van der Waals surface area contributed by atoms with Crippen LogP contribution in [0.2, 0.25) is 0 Å². The Bertz CT molecular complexity index is 588. The van der Waals surface area contributed by atoms with Crippen molar-refractivity contribution in [3.63, 3.8) is 0 Å². The quantitative estimate of drug-likeness (QED) is 0.584. The Morgan fingerprint density at radius 3 is 2.58 bits per heavy atom. The van der Waals surface area contributed by atoms with E-state index in [1.165, 1.54) is 18.5 Å². The fraction of sp³-hybridized carbons (Fsp3) is 0.167. The summed E-state index contributed by atoms with van der Waals surface area (Å²) in [5, 5.41) is 2.81. The van der Waals surface area contributed by atoms with E-state index in [0.717, 1.165) is 6.07 Å². The molecule has 0 bridgehead atoms. The number of nitrogens with two attached hydrogens (primary N) is 1. The predicted molar refractivity (Wildman–Crippen MR) is 68.9 cm³/mol. The molecular formula is C12H13F2N5. The van der Waals surface area contributed by atoms with E-state index in [1.54, 1.807) is 0 Å². The molecule has 1 aromatic carbocycles. The van der Waals surface area contributed by atoms with Gasteiger partial charge in [-0.1, -0.05) is 6.92 Å². The lowest BCUT2D eigenvalue weighted by atomic mass is 10.2. The van der Waals surface area contributed by atoms with Crippen LogP contribution in [-0.4, -0.2) is 9.97 Å². The normalized spacial score (nSPS) is 10.3. The Balaban J connectivity index is 2.37. The molecule has 0 aliphatic heterocycles. The summed E-state index contributed by atoms with van der Waals surface area (Å²) in [6.45, 7) is 1.89. The van der Waals surface area contributed by atoms with Crippen molar-refractivity contribution in [2.75, 3.05) is 10.7 Å². The van der Waals surface area contributed by atoms with Crippen molar-refractivity contribution in [1.82, 2.24) is 9.97 Å². The first-order chi connectivity index (χ1) is 9.15. The van der Waals surface area contributed by atoms with E-state index >= 15 is 0 Å². The molecule has 1 heterocycles. The molecule has 0 saturated carbocycles. The largest absolute Gasteiger partial charge is 0.337 e. The molecule has 5 nitrogen and oxygen atoms in total. The van der Waals surface area contributed by atoms with Gasteiger partial charge < -0.3 is 10.7 Å². The van der Waals surface area contributed by atoms with Crippen LogP contribution in [0.3, 0.4) is 0 Å². The molecule has 4 N–H and O–H groups in total. The van der Waals surface area contributed by atoms with Gasteiger partial charge in [0.1, 0.15) is 29.6 Å². The minimum absolute atomic E-state index is 0.137. The topological polar surface area (TPSA) is 75.9 Å². The lowest BCUT2D eigenvalue weighted by molar-refractivity contribution is 0.586. The maximum absolute atomic E-state index is 13.6. The Kier molecular flexibility index (Phi) is 3.86. The molecule has 0 saturated heterocycles. The molecule has 1 aromatic heterocycles. The summed E-state index contributed by atoms with van der Waals surface area (Å²) in [6, 6.07) is 3.28. The SMILES string of the molecule is CCc1c(NN)ncnc1Nc1ccc(F)cc1F. The van der Waals surface area contributed by atoms with Crippen molar-refractivity contribution in [2.24, 2.45) is 5.84 Å². The fourth-order valence-electron chi connectivity index (χ4n) is 1.70. The molecule has 0 radical (unpaired) electrons. The summed E-state index contributed by atoms with van der Waals surface area (Å²) in [5.41, 5.74) is 3.30. The van der Waals surface area contributed by atoms with Gasteiger partial charge in [0.15, 0.2) is 0 Å². The zero-order valence-corrected chi connectivity index (χ0v) is 10.2. The number of hydrazine groups is 1. The maximum Gasteiger partial charge on any atom is 0.149 e. The second-order valence-corrected chi connectivity index (χ2v) is 3.80. The van der Waals surface area contributed by atoms with Gasteiger partial charge >= 0.3 is 0 Å². The molecule has 100 valence electrons. The number of nitrogens with one attached hydrogen (secondary N) is 2. The van der Waals surface area contributed by atoms with Crippen molar-refractivity contribution in [3.8, 4) is 0 Å². The summed E-state index contributed by atoms with van der Waals surface area (Å²) >= 11 is 0. The van der Waals surface area contributed by atoms with Gasteiger partial charge in [0.25, 0.3) is 0 Å². The van der Waals surface area contributed by atoms with Crippen molar-refractivity contribution in [3.05, 3.63) is 41.7 Å². The average molecular weight is 265 g/mol. The van der Waals surface area contributed by atoms with Crippen LogP contribution in [0.5, 0.6) is 0 Å². The van der Waals surface area contributed by atoms with E-state index in [1.807, 2.05) is 6.92 Å². The summed E-state index contributed by atoms with van der Waals surface area (Å²) in [6.07, 6.45) is 1.91. The van der Waals surface area contributed by atoms with Gasteiger partial charge in [-0.3, -0.25) is 0 Å². The summed E-state index contributed by atoms with van der Waals surface area (Å²) in [5.74, 6) is 4.91. The fourth-order valence-corrected chi connectivity index (χ4v) is 1.70. The van der Waals surface area contributed by atoms with Crippen LogP contribution in [0.4, 0.5) is 26.1 Å². The molecule has 2 rings (SSSR count). The minimum atomic E-state index is -0.692. The van der Waals surface area contributed by atoms with Crippen molar-refractivity contribution in [1.29, 1.82) is 0 Å². The number of anilines is 3. The van der Waals surface area contributed by atoms with Gasteiger partial charge in [0.2, 0.25) is 0 Å². The number of halogens is 2. The number of nitrogens with zero attached hydrogens (tertiary/aromatic N) is 2. The van der Waals surface area contributed by atoms with Crippen LogP contribution < -0.4 is 16.6 Å². The van der Waals surface area contributed by atoms with Crippen LogP contribution in [0, 0.1) is 11.6 Å². The molecular weight excluding hydrogens is 252 g/mol. The van der Waals surface area contributed by atoms with Crippen molar-refractivity contribution in [2.45, 2.75) is 13.3 Å². The average Bonchev–Trinajstić information content (AvgIpc) is 2.41. The molecule has 0 amide bonds. The third kappa shape index (κ3) is 2.76. The first-order valence-electron chi connectivity index (χ1n) is 5.68. The summed E-state index contributed by atoms with van der Waals surface area (Å²) < 4.78 is 26.4. The molecule has 0 aliphatic carbocycles. The van der Waals surface area contributed by atoms with E-state index < -0.39 is 11.6 Å². The van der Waals surface area contributed by atoms with Crippen LogP contribution in [-0.2, 0) is 6.42 Å². The molecule has 0 unspecified atom stereocenters. The van der Waals surface area contributed by atoms with Crippen molar-refractivity contribution >= 4 is 17.3 Å². The Hall–Kier alpha value is -2.28. The molecule has 7 heteroatoms. The van der Waals surface area contributed by atoms with Crippen LogP contribution in [0.15, 0.2) is 24.5 Å². The van der Waals surface area contributed by atoms with E-state index in [9.17, 15) is 8.78 Å². The first kappa shape index (κ1) is 13.2. The lowest BCUT2D eigenvalue weighted by Crippen LogP contribution is -2.13. The number of rotatable bonds is 4. The molecule has 0 fully saturated rings. The first-order valence-corrected chi connectivity index (χ1v) is 5.68. The Morgan fingerprint density at radius 1 is 1.21 bits per heavy atom. The summed E-state index contributed by atoms with van der Waals surface area (Å²) in [7, 11) is 0. The van der Waals surface area contributed by atoms with E-state index in [4.69, 9.17) is 5.84 Å². The minimum Gasteiger partial charge on any atom is -0.337 e. The Labute approximate surface area is 108 Å². The van der Waals surface area contributed by atoms with Crippen molar-refractivity contribution < 1.29 is 8.78 Å². The van der Waals surface area contributed by atoms with Crippen LogP contribution in [0.25, 0.3) is 0 Å². The second-order valence-electron chi connectivity index (χ2n) is 3.80. The smallest absolute Gasteiger partial charge is 0.149 e. The molecule has 0 aliphatic rings. The van der Waals surface area contributed by atoms with E-state index in [2.05, 4.69) is 20.7 Å². The van der Waals surface area contributed by atoms with Crippen LogP contribution in [0.1, 0.15) is 12.5 Å². The lowest BCUT2D eigenvalue weighted by Gasteiger charge is -2.13. The zero-order valence-electron chi connectivity index (χ0n) is 10.2. The van der Waals surface area contributed by atoms with Gasteiger partial charge in [0, 0.05) is 11.6 Å². The number of aromatic nitrogens is 2. The molecule has 2 aromatic rings. The van der Waals surface area contributed by atoms with E-state index in [-0.39, 0.29) is 5.69 Å². The van der Waals surface area contributed by atoms with Gasteiger partial charge in [-0.15, -0.1) is 0 Å². The summed E-state index contributed by atoms with van der Waals surface area (Å²) in [4.78, 5) is 8.00. The Morgan fingerprint density at radius 2 is 1.95 bits per heavy atom. The second kappa shape index (κ2) is 5.57. The van der Waals surface area contributed by atoms with Gasteiger partial charge in [-0.05, 0) is 18.6 Å². The maximum atomic E-state index is 13.6. The highest BCUT2D eigenvalue weighted by Crippen LogP contribution is 2.25. The highest BCUT2D eigenvalue weighted by Gasteiger charge is 2.11. The number of hydrogen-bond donors (Lipinski definition) is 3. The number of hydrogen-bond acceptors (Lipinski definition) is 5. The highest BCUT2D eigenvalue weighted by molar-refractivity contribution is 5.64. The molecule has 0 atom stereocenters. The zero-order chi connectivity index (χ0) is 13.8. The van der Waals surface area contributed by atoms with Gasteiger partial charge in [0.05, 0.1) is 5.69 Å². The standard InChI is InChI=1S/C12H13F2N5/c1-2-8-11(16-6-17-12(8)19-15)18-10-4-3-7(13)5-9(10)14/h3-6H,2,15H2,1H3,(H2,16,17,18,19). The highest BCUT2D eigenvalue weighted by atomic mass is 19.1. The van der Waals surface area contributed by atoms with Crippen LogP contribution >= 0.6 is 0 Å². The number of nitrogen functional groups attached to an aromatic ring is 1.